The van der Waals surface area contributed by atoms with Crippen LogP contribution in [0.3, 0.4) is 0 Å². The minimum absolute atomic E-state index is 0.0789. The molecule has 1 atom stereocenters. The molecule has 1 spiro atoms. The maximum Gasteiger partial charge on any atom is 0.257 e. The van der Waals surface area contributed by atoms with Gasteiger partial charge < -0.3 is 15.3 Å². The summed E-state index contributed by atoms with van der Waals surface area (Å²) in [6.07, 6.45) is 0.545. The summed E-state index contributed by atoms with van der Waals surface area (Å²) in [5.41, 5.74) is 1.16. The fourth-order valence-electron chi connectivity index (χ4n) is 4.41. The van der Waals surface area contributed by atoms with Gasteiger partial charge in [-0.3, -0.25) is 9.59 Å². The minimum atomic E-state index is -0.734. The number of hydrogen-bond donors (Lipinski definition) is 2. The molecule has 0 aliphatic carbocycles. The fourth-order valence-corrected chi connectivity index (χ4v) is 4.69. The molecule has 0 bridgehead atoms. The third kappa shape index (κ3) is 2.26. The van der Waals surface area contributed by atoms with Gasteiger partial charge in [-0.15, -0.1) is 0 Å². The zero-order chi connectivity index (χ0) is 19.5. The van der Waals surface area contributed by atoms with Crippen LogP contribution in [0, 0.1) is 0 Å². The Balaban J connectivity index is 1.53. The quantitative estimate of drug-likeness (QED) is 0.659. The summed E-state index contributed by atoms with van der Waals surface area (Å²) < 4.78 is 0. The number of carbonyl (C=O) groups is 2. The summed E-state index contributed by atoms with van der Waals surface area (Å²) in [6, 6.07) is 16.3. The SMILES string of the molecule is O=C(c1cc(Cl)c2ccccc2c1O)N1CCC2(C1)C(=O)Nc1ccccc12. The van der Waals surface area contributed by atoms with Crippen molar-refractivity contribution in [3.05, 3.63) is 70.7 Å². The van der Waals surface area contributed by atoms with Crippen molar-refractivity contribution in [2.75, 3.05) is 18.4 Å². The molecule has 28 heavy (non-hydrogen) atoms. The lowest BCUT2D eigenvalue weighted by molar-refractivity contribution is -0.120. The molecule has 2 aliphatic rings. The zero-order valence-corrected chi connectivity index (χ0v) is 15.7. The van der Waals surface area contributed by atoms with Crippen LogP contribution in [0.4, 0.5) is 5.69 Å². The van der Waals surface area contributed by atoms with Crippen LogP contribution in [-0.4, -0.2) is 34.9 Å². The topological polar surface area (TPSA) is 69.6 Å². The van der Waals surface area contributed by atoms with E-state index in [-0.39, 0.29) is 29.7 Å². The van der Waals surface area contributed by atoms with Crippen LogP contribution in [-0.2, 0) is 10.2 Å². The molecular weight excluding hydrogens is 376 g/mol. The van der Waals surface area contributed by atoms with Crippen LogP contribution in [0.1, 0.15) is 22.3 Å². The van der Waals surface area contributed by atoms with Crippen molar-refractivity contribution in [1.29, 1.82) is 0 Å². The molecule has 0 aromatic heterocycles. The Labute approximate surface area is 166 Å². The molecule has 2 amide bonds. The number of anilines is 1. The summed E-state index contributed by atoms with van der Waals surface area (Å²) in [5.74, 6) is -0.480. The third-order valence-corrected chi connectivity index (χ3v) is 6.19. The van der Waals surface area contributed by atoms with Crippen molar-refractivity contribution in [2.24, 2.45) is 0 Å². The number of nitrogens with one attached hydrogen (secondary N) is 1. The first-order chi connectivity index (χ1) is 13.5. The Morgan fingerprint density at radius 3 is 2.64 bits per heavy atom. The van der Waals surface area contributed by atoms with Crippen LogP contribution < -0.4 is 5.32 Å². The average molecular weight is 393 g/mol. The number of carbonyl (C=O) groups excluding carboxylic acids is 2. The van der Waals surface area contributed by atoms with Gasteiger partial charge in [-0.2, -0.15) is 0 Å². The predicted molar refractivity (Wildman–Crippen MR) is 108 cm³/mol. The molecule has 0 radical (unpaired) electrons. The van der Waals surface area contributed by atoms with Crippen LogP contribution in [0.2, 0.25) is 5.02 Å². The number of phenols is 1. The van der Waals surface area contributed by atoms with Crippen molar-refractivity contribution in [1.82, 2.24) is 4.90 Å². The number of nitrogens with zero attached hydrogens (tertiary/aromatic N) is 1. The van der Waals surface area contributed by atoms with E-state index >= 15 is 0 Å². The molecule has 5 rings (SSSR count). The first-order valence-electron chi connectivity index (χ1n) is 9.12. The number of hydrogen-bond acceptors (Lipinski definition) is 3. The molecule has 5 nitrogen and oxygen atoms in total. The molecule has 2 heterocycles. The van der Waals surface area contributed by atoms with Gasteiger partial charge in [-0.05, 0) is 24.1 Å². The largest absolute Gasteiger partial charge is 0.506 e. The van der Waals surface area contributed by atoms with Crippen molar-refractivity contribution in [2.45, 2.75) is 11.8 Å². The Morgan fingerprint density at radius 1 is 1.11 bits per heavy atom. The summed E-state index contributed by atoms with van der Waals surface area (Å²) in [5, 5.41) is 15.3. The number of phenolic OH excluding ortho intramolecular Hbond substituents is 1. The van der Waals surface area contributed by atoms with Gasteiger partial charge in [-0.1, -0.05) is 54.1 Å². The zero-order valence-electron chi connectivity index (χ0n) is 14.9. The van der Waals surface area contributed by atoms with Crippen molar-refractivity contribution in [3.63, 3.8) is 0 Å². The lowest BCUT2D eigenvalue weighted by Gasteiger charge is -2.23. The number of likely N-dealkylation sites (tertiary alicyclic amines) is 1. The number of benzene rings is 3. The molecule has 3 aromatic carbocycles. The number of halogens is 1. The van der Waals surface area contributed by atoms with E-state index in [1.807, 2.05) is 30.3 Å². The molecule has 1 unspecified atom stereocenters. The summed E-state index contributed by atoms with van der Waals surface area (Å²) in [7, 11) is 0. The van der Waals surface area contributed by atoms with Crippen molar-refractivity contribution in [3.8, 4) is 5.75 Å². The second kappa shape index (κ2) is 5.97. The molecule has 0 saturated carbocycles. The van der Waals surface area contributed by atoms with Gasteiger partial charge in [0.25, 0.3) is 5.91 Å². The maximum absolute atomic E-state index is 13.2. The van der Waals surface area contributed by atoms with E-state index in [0.717, 1.165) is 11.3 Å². The van der Waals surface area contributed by atoms with Crippen LogP contribution in [0.15, 0.2) is 54.6 Å². The average Bonchev–Trinajstić information content (AvgIpc) is 3.28. The van der Waals surface area contributed by atoms with Crippen LogP contribution in [0.5, 0.6) is 5.75 Å². The van der Waals surface area contributed by atoms with Gasteiger partial charge in [0.15, 0.2) is 0 Å². The summed E-state index contributed by atoms with van der Waals surface area (Å²) in [4.78, 5) is 27.6. The number of fused-ring (bicyclic) bond motifs is 3. The van der Waals surface area contributed by atoms with Gasteiger partial charge in [0.2, 0.25) is 5.91 Å². The monoisotopic (exact) mass is 392 g/mol. The van der Waals surface area contributed by atoms with E-state index in [1.54, 1.807) is 23.1 Å². The Kier molecular flexibility index (Phi) is 3.64. The number of rotatable bonds is 1. The van der Waals surface area contributed by atoms with E-state index in [1.165, 1.54) is 6.07 Å². The second-order valence-corrected chi connectivity index (χ2v) is 7.77. The van der Waals surface area contributed by atoms with E-state index < -0.39 is 5.41 Å². The predicted octanol–water partition coefficient (Wildman–Crippen LogP) is 3.93. The van der Waals surface area contributed by atoms with Gasteiger partial charge in [0.1, 0.15) is 5.75 Å². The lowest BCUT2D eigenvalue weighted by Crippen LogP contribution is -2.39. The maximum atomic E-state index is 13.2. The number of para-hydroxylation sites is 1. The Hall–Kier alpha value is -3.05. The molecule has 1 saturated heterocycles. The van der Waals surface area contributed by atoms with Gasteiger partial charge in [0, 0.05) is 34.6 Å². The highest BCUT2D eigenvalue weighted by Crippen LogP contribution is 2.45. The first kappa shape index (κ1) is 17.1. The molecule has 3 aromatic rings. The van der Waals surface area contributed by atoms with E-state index in [2.05, 4.69) is 5.32 Å². The minimum Gasteiger partial charge on any atom is -0.506 e. The standard InChI is InChI=1S/C22H17ClN2O3/c23-17-11-15(19(26)14-6-2-1-5-13(14)17)20(27)25-10-9-22(12-25)16-7-3-4-8-18(16)24-21(22)28/h1-8,11,26H,9-10,12H2,(H,24,28). The Bertz CT molecular complexity index is 1160. The molecular formula is C22H17ClN2O3. The smallest absolute Gasteiger partial charge is 0.257 e. The van der Waals surface area contributed by atoms with Crippen LogP contribution >= 0.6 is 11.6 Å². The van der Waals surface area contributed by atoms with E-state index in [9.17, 15) is 14.7 Å². The number of aromatic hydroxyl groups is 1. The Morgan fingerprint density at radius 2 is 1.82 bits per heavy atom. The molecule has 2 aliphatic heterocycles. The fraction of sp³-hybridized carbons (Fsp3) is 0.182. The molecule has 140 valence electrons. The first-order valence-corrected chi connectivity index (χ1v) is 9.49. The third-order valence-electron chi connectivity index (χ3n) is 5.88. The molecule has 2 N–H and O–H groups in total. The summed E-state index contributed by atoms with van der Waals surface area (Å²) in [6.45, 7) is 0.711. The number of amides is 2. The van der Waals surface area contributed by atoms with E-state index in [0.29, 0.717) is 28.8 Å². The van der Waals surface area contributed by atoms with Crippen LogP contribution in [0.25, 0.3) is 10.8 Å². The van der Waals surface area contributed by atoms with Crippen molar-refractivity contribution >= 4 is 39.9 Å². The van der Waals surface area contributed by atoms with Gasteiger partial charge in [-0.25, -0.2) is 0 Å². The highest BCUT2D eigenvalue weighted by molar-refractivity contribution is 6.36. The second-order valence-electron chi connectivity index (χ2n) is 7.36. The van der Waals surface area contributed by atoms with E-state index in [4.69, 9.17) is 11.6 Å². The normalized spacial score (nSPS) is 20.6. The lowest BCUT2D eigenvalue weighted by atomic mass is 9.81. The summed E-state index contributed by atoms with van der Waals surface area (Å²) >= 11 is 6.35. The van der Waals surface area contributed by atoms with Gasteiger partial charge >= 0.3 is 0 Å². The molecule has 6 heteroatoms. The molecule has 1 fully saturated rings. The highest BCUT2D eigenvalue weighted by atomic mass is 35.5. The van der Waals surface area contributed by atoms with Crippen molar-refractivity contribution < 1.29 is 14.7 Å². The highest BCUT2D eigenvalue weighted by Gasteiger charge is 2.52. The van der Waals surface area contributed by atoms with Gasteiger partial charge in [0.05, 0.1) is 11.0 Å².